The normalized spacial score (nSPS) is 24.4. The van der Waals surface area contributed by atoms with Gasteiger partial charge in [0.1, 0.15) is 5.69 Å². The molecule has 0 unspecified atom stereocenters. The second-order valence-electron chi connectivity index (χ2n) is 3.72. The molecule has 1 saturated carbocycles. The second-order valence-corrected chi connectivity index (χ2v) is 4.63. The number of aliphatic hydroxyl groups is 1. The average Bonchev–Trinajstić information content (AvgIpc) is 2.18. The molecule has 0 aliphatic heterocycles. The molecule has 1 aromatic rings. The number of hydrogen-bond acceptors (Lipinski definition) is 4. The van der Waals surface area contributed by atoms with Crippen molar-refractivity contribution in [2.24, 2.45) is 5.18 Å². The third-order valence-electron chi connectivity index (χ3n) is 2.53. The van der Waals surface area contributed by atoms with Gasteiger partial charge in [0, 0.05) is 10.5 Å². The molecule has 4 nitrogen and oxygen atoms in total. The zero-order chi connectivity index (χ0) is 10.8. The van der Waals surface area contributed by atoms with Gasteiger partial charge in [0.25, 0.3) is 0 Å². The molecule has 0 heterocycles. The van der Waals surface area contributed by atoms with Crippen molar-refractivity contribution in [2.75, 3.05) is 5.32 Å². The summed E-state index contributed by atoms with van der Waals surface area (Å²) >= 11 is 3.28. The maximum absolute atomic E-state index is 10.6. The van der Waals surface area contributed by atoms with E-state index in [1.54, 1.807) is 6.07 Å². The summed E-state index contributed by atoms with van der Waals surface area (Å²) in [5, 5.41) is 15.3. The molecule has 0 aromatic heterocycles. The van der Waals surface area contributed by atoms with Gasteiger partial charge in [-0.2, -0.15) is 0 Å². The number of anilines is 1. The second kappa shape index (κ2) is 4.28. The highest BCUT2D eigenvalue weighted by atomic mass is 79.9. The smallest absolute Gasteiger partial charge is 0.132 e. The van der Waals surface area contributed by atoms with Crippen LogP contribution in [0.2, 0.25) is 0 Å². The molecule has 1 aromatic carbocycles. The fourth-order valence-electron chi connectivity index (χ4n) is 1.63. The lowest BCUT2D eigenvalue weighted by atomic mass is 9.89. The SMILES string of the molecule is O=Nc1cc(Br)ccc1N[C@H]1C[C@H](O)C1. The van der Waals surface area contributed by atoms with Crippen LogP contribution in [0.5, 0.6) is 0 Å². The van der Waals surface area contributed by atoms with Gasteiger partial charge in [-0.25, -0.2) is 0 Å². The number of nitrogens with one attached hydrogen (secondary N) is 1. The zero-order valence-corrected chi connectivity index (χ0v) is 9.57. The Labute approximate surface area is 95.8 Å². The third kappa shape index (κ3) is 2.35. The summed E-state index contributed by atoms with van der Waals surface area (Å²) in [6.45, 7) is 0. The zero-order valence-electron chi connectivity index (χ0n) is 7.98. The number of nitrogens with zero attached hydrogens (tertiary/aromatic N) is 1. The van der Waals surface area contributed by atoms with Crippen LogP contribution in [-0.4, -0.2) is 17.3 Å². The maximum atomic E-state index is 10.6. The molecule has 1 aliphatic rings. The van der Waals surface area contributed by atoms with Crippen LogP contribution < -0.4 is 5.32 Å². The topological polar surface area (TPSA) is 61.7 Å². The van der Waals surface area contributed by atoms with Crippen LogP contribution in [0.1, 0.15) is 12.8 Å². The van der Waals surface area contributed by atoms with Gasteiger partial charge >= 0.3 is 0 Å². The standard InChI is InChI=1S/C10H11BrN2O2/c11-6-1-2-9(10(3-6)13-15)12-7-4-8(14)5-7/h1-3,7-8,12,14H,4-5H2/t7-,8-. The van der Waals surface area contributed by atoms with Crippen LogP contribution in [0.25, 0.3) is 0 Å². The molecule has 0 spiro atoms. The Bertz CT molecular complexity index is 378. The Morgan fingerprint density at radius 2 is 2.20 bits per heavy atom. The molecule has 0 bridgehead atoms. The van der Waals surface area contributed by atoms with E-state index in [9.17, 15) is 4.91 Å². The summed E-state index contributed by atoms with van der Waals surface area (Å²) in [7, 11) is 0. The summed E-state index contributed by atoms with van der Waals surface area (Å²) in [4.78, 5) is 10.6. The fraction of sp³-hybridized carbons (Fsp3) is 0.400. The van der Waals surface area contributed by atoms with E-state index >= 15 is 0 Å². The van der Waals surface area contributed by atoms with Crippen LogP contribution in [-0.2, 0) is 0 Å². The van der Waals surface area contributed by atoms with Crippen molar-refractivity contribution < 1.29 is 5.11 Å². The fourth-order valence-corrected chi connectivity index (χ4v) is 1.98. The van der Waals surface area contributed by atoms with Gasteiger partial charge in [0.05, 0.1) is 11.8 Å². The van der Waals surface area contributed by atoms with Crippen LogP contribution in [0.4, 0.5) is 11.4 Å². The minimum Gasteiger partial charge on any atom is -0.393 e. The highest BCUT2D eigenvalue weighted by Gasteiger charge is 2.27. The monoisotopic (exact) mass is 270 g/mol. The summed E-state index contributed by atoms with van der Waals surface area (Å²) in [6, 6.07) is 5.59. The average molecular weight is 271 g/mol. The van der Waals surface area contributed by atoms with Crippen LogP contribution in [0.3, 0.4) is 0 Å². The first-order chi connectivity index (χ1) is 7.19. The molecule has 0 radical (unpaired) electrons. The van der Waals surface area contributed by atoms with Gasteiger partial charge in [-0.15, -0.1) is 4.91 Å². The first-order valence-electron chi connectivity index (χ1n) is 4.76. The molecule has 0 amide bonds. The van der Waals surface area contributed by atoms with Gasteiger partial charge in [-0.05, 0) is 36.2 Å². The minimum absolute atomic E-state index is 0.203. The van der Waals surface area contributed by atoms with Gasteiger partial charge in [-0.1, -0.05) is 15.9 Å². The number of hydrogen-bond donors (Lipinski definition) is 2. The van der Waals surface area contributed by atoms with Crippen molar-refractivity contribution in [3.63, 3.8) is 0 Å². The number of nitroso groups, excluding NO2 is 1. The van der Waals surface area contributed by atoms with Gasteiger partial charge in [-0.3, -0.25) is 0 Å². The lowest BCUT2D eigenvalue weighted by Crippen LogP contribution is -2.38. The lowest BCUT2D eigenvalue weighted by Gasteiger charge is -2.32. The van der Waals surface area contributed by atoms with E-state index in [4.69, 9.17) is 5.11 Å². The molecule has 15 heavy (non-hydrogen) atoms. The highest BCUT2D eigenvalue weighted by molar-refractivity contribution is 9.10. The van der Waals surface area contributed by atoms with E-state index in [1.807, 2.05) is 12.1 Å². The Hall–Kier alpha value is -0.940. The number of benzene rings is 1. The molecule has 2 rings (SSSR count). The Morgan fingerprint density at radius 3 is 2.80 bits per heavy atom. The van der Waals surface area contributed by atoms with E-state index in [2.05, 4.69) is 26.4 Å². The molecule has 2 N–H and O–H groups in total. The Kier molecular flexibility index (Phi) is 3.02. The first kappa shape index (κ1) is 10.6. The number of aliphatic hydroxyl groups excluding tert-OH is 1. The van der Waals surface area contributed by atoms with Crippen LogP contribution >= 0.6 is 15.9 Å². The quantitative estimate of drug-likeness (QED) is 0.831. The van der Waals surface area contributed by atoms with E-state index < -0.39 is 0 Å². The van der Waals surface area contributed by atoms with Crippen molar-refractivity contribution in [1.29, 1.82) is 0 Å². The molecule has 0 saturated heterocycles. The minimum atomic E-state index is -0.203. The number of rotatable bonds is 3. The summed E-state index contributed by atoms with van der Waals surface area (Å²) in [5.41, 5.74) is 1.12. The highest BCUT2D eigenvalue weighted by Crippen LogP contribution is 2.32. The molecule has 1 fully saturated rings. The van der Waals surface area contributed by atoms with E-state index in [1.165, 1.54) is 0 Å². The summed E-state index contributed by atoms with van der Waals surface area (Å²) < 4.78 is 0.830. The van der Waals surface area contributed by atoms with E-state index in [0.29, 0.717) is 5.69 Å². The Balaban J connectivity index is 2.10. The number of halogens is 1. The third-order valence-corrected chi connectivity index (χ3v) is 3.02. The predicted molar refractivity (Wildman–Crippen MR) is 62.2 cm³/mol. The predicted octanol–water partition coefficient (Wildman–Crippen LogP) is 2.78. The van der Waals surface area contributed by atoms with Crippen molar-refractivity contribution in [2.45, 2.75) is 25.0 Å². The van der Waals surface area contributed by atoms with E-state index in [0.717, 1.165) is 23.0 Å². The molecule has 80 valence electrons. The molecular formula is C10H11BrN2O2. The lowest BCUT2D eigenvalue weighted by molar-refractivity contribution is 0.0837. The molecule has 1 aliphatic carbocycles. The van der Waals surface area contributed by atoms with Crippen molar-refractivity contribution in [3.05, 3.63) is 27.6 Å². The largest absolute Gasteiger partial charge is 0.393 e. The van der Waals surface area contributed by atoms with Crippen LogP contribution in [0, 0.1) is 4.91 Å². The first-order valence-corrected chi connectivity index (χ1v) is 5.56. The molecular weight excluding hydrogens is 260 g/mol. The Morgan fingerprint density at radius 1 is 1.47 bits per heavy atom. The maximum Gasteiger partial charge on any atom is 0.132 e. The van der Waals surface area contributed by atoms with Crippen molar-refractivity contribution in [3.8, 4) is 0 Å². The van der Waals surface area contributed by atoms with E-state index in [-0.39, 0.29) is 12.1 Å². The van der Waals surface area contributed by atoms with Crippen molar-refractivity contribution in [1.82, 2.24) is 0 Å². The summed E-state index contributed by atoms with van der Waals surface area (Å²) in [5.74, 6) is 0. The van der Waals surface area contributed by atoms with Crippen molar-refractivity contribution >= 4 is 27.3 Å². The van der Waals surface area contributed by atoms with Gasteiger partial charge < -0.3 is 10.4 Å². The van der Waals surface area contributed by atoms with Crippen LogP contribution in [0.15, 0.2) is 27.8 Å². The molecule has 0 atom stereocenters. The van der Waals surface area contributed by atoms with Gasteiger partial charge in [0.15, 0.2) is 0 Å². The molecule has 5 heteroatoms. The van der Waals surface area contributed by atoms with Gasteiger partial charge in [0.2, 0.25) is 0 Å². The summed E-state index contributed by atoms with van der Waals surface area (Å²) in [6.07, 6.45) is 1.26.